The van der Waals surface area contributed by atoms with Crippen LogP contribution in [0.1, 0.15) is 22.0 Å². The molecule has 0 spiro atoms. The molecule has 0 aliphatic carbocycles. The van der Waals surface area contributed by atoms with Crippen LogP contribution in [-0.4, -0.2) is 24.7 Å². The number of hydrogen-bond acceptors (Lipinski definition) is 3. The number of carbonyl (C=O) groups excluding carboxylic acids is 1. The Balaban J connectivity index is 1.97. The highest BCUT2D eigenvalue weighted by Crippen LogP contribution is 2.18. The molecule has 1 amide bonds. The third kappa shape index (κ3) is 4.31. The van der Waals surface area contributed by atoms with Gasteiger partial charge in [0.05, 0.1) is 13.2 Å². The van der Waals surface area contributed by atoms with E-state index in [0.29, 0.717) is 16.9 Å². The van der Waals surface area contributed by atoms with Crippen molar-refractivity contribution in [2.24, 2.45) is 0 Å². The molecular weight excluding hydrogens is 334 g/mol. The second kappa shape index (κ2) is 7.24. The number of ether oxygens (including phenoxy) is 1. The van der Waals surface area contributed by atoms with Crippen LogP contribution in [0.15, 0.2) is 53.0 Å². The van der Waals surface area contributed by atoms with Crippen molar-refractivity contribution in [3.8, 4) is 5.75 Å². The molecule has 2 rings (SSSR count). The number of methoxy groups -OCH3 is 1. The zero-order valence-corrected chi connectivity index (χ0v) is 13.1. The van der Waals surface area contributed by atoms with Crippen LogP contribution in [-0.2, 0) is 0 Å². The van der Waals surface area contributed by atoms with Crippen LogP contribution in [0.4, 0.5) is 0 Å². The van der Waals surface area contributed by atoms with Crippen molar-refractivity contribution in [3.05, 3.63) is 64.1 Å². The van der Waals surface area contributed by atoms with Crippen LogP contribution in [0.2, 0.25) is 0 Å². The summed E-state index contributed by atoms with van der Waals surface area (Å²) in [6.45, 7) is 0.137. The largest absolute Gasteiger partial charge is 0.497 e. The molecule has 2 aromatic rings. The van der Waals surface area contributed by atoms with Gasteiger partial charge < -0.3 is 15.2 Å². The molecule has 1 atom stereocenters. The van der Waals surface area contributed by atoms with Gasteiger partial charge in [0.1, 0.15) is 5.75 Å². The lowest BCUT2D eigenvalue weighted by Gasteiger charge is -2.13. The standard InChI is InChI=1S/C16H16BrNO3/c1-21-14-7-3-4-11(9-14)15(19)10-18-16(20)12-5-2-6-13(17)8-12/h2-9,15,19H,10H2,1H3,(H,18,20). The number of nitrogens with one attached hydrogen (secondary N) is 1. The van der Waals surface area contributed by atoms with Gasteiger partial charge in [-0.15, -0.1) is 0 Å². The van der Waals surface area contributed by atoms with Crippen molar-refractivity contribution in [2.45, 2.75) is 6.10 Å². The molecule has 0 bridgehead atoms. The van der Waals surface area contributed by atoms with Crippen LogP contribution in [0, 0.1) is 0 Å². The topological polar surface area (TPSA) is 58.6 Å². The predicted octanol–water partition coefficient (Wildman–Crippen LogP) is 2.92. The number of rotatable bonds is 5. The number of amides is 1. The summed E-state index contributed by atoms with van der Waals surface area (Å²) in [5.74, 6) is 0.447. The van der Waals surface area contributed by atoms with E-state index in [9.17, 15) is 9.90 Å². The molecule has 5 heteroatoms. The first kappa shape index (κ1) is 15.5. The van der Waals surface area contributed by atoms with E-state index >= 15 is 0 Å². The molecule has 2 N–H and O–H groups in total. The summed E-state index contributed by atoms with van der Waals surface area (Å²) < 4.78 is 5.95. The summed E-state index contributed by atoms with van der Waals surface area (Å²) in [6, 6.07) is 14.2. The molecule has 110 valence electrons. The maximum Gasteiger partial charge on any atom is 0.251 e. The average molecular weight is 350 g/mol. The summed E-state index contributed by atoms with van der Waals surface area (Å²) in [6.07, 6.45) is -0.781. The minimum absolute atomic E-state index is 0.137. The van der Waals surface area contributed by atoms with Crippen LogP contribution in [0.25, 0.3) is 0 Å². The van der Waals surface area contributed by atoms with Crippen molar-refractivity contribution in [2.75, 3.05) is 13.7 Å². The van der Waals surface area contributed by atoms with Gasteiger partial charge in [0.15, 0.2) is 0 Å². The molecule has 0 aliphatic rings. The summed E-state index contributed by atoms with van der Waals surface area (Å²) in [5.41, 5.74) is 1.24. The number of carbonyl (C=O) groups is 1. The Morgan fingerprint density at radius 2 is 2.05 bits per heavy atom. The molecule has 0 radical (unpaired) electrons. The smallest absolute Gasteiger partial charge is 0.251 e. The van der Waals surface area contributed by atoms with Gasteiger partial charge in [-0.3, -0.25) is 4.79 Å². The van der Waals surface area contributed by atoms with E-state index in [4.69, 9.17) is 4.74 Å². The minimum Gasteiger partial charge on any atom is -0.497 e. The first-order chi connectivity index (χ1) is 10.1. The molecule has 0 saturated carbocycles. The minimum atomic E-state index is -0.781. The number of aliphatic hydroxyl groups is 1. The maximum atomic E-state index is 12.0. The monoisotopic (exact) mass is 349 g/mol. The lowest BCUT2D eigenvalue weighted by atomic mass is 10.1. The van der Waals surface area contributed by atoms with Crippen LogP contribution < -0.4 is 10.1 Å². The first-order valence-corrected chi connectivity index (χ1v) is 7.25. The average Bonchev–Trinajstić information content (AvgIpc) is 2.52. The Labute approximate surface area is 131 Å². The molecule has 0 heterocycles. The zero-order chi connectivity index (χ0) is 15.2. The third-order valence-electron chi connectivity index (χ3n) is 3.02. The van der Waals surface area contributed by atoms with E-state index in [1.165, 1.54) is 0 Å². The van der Waals surface area contributed by atoms with E-state index in [1.54, 1.807) is 49.6 Å². The van der Waals surface area contributed by atoms with Crippen LogP contribution >= 0.6 is 15.9 Å². The number of benzene rings is 2. The second-order valence-corrected chi connectivity index (χ2v) is 5.43. The fourth-order valence-electron chi connectivity index (χ4n) is 1.89. The molecule has 2 aromatic carbocycles. The van der Waals surface area contributed by atoms with Crippen molar-refractivity contribution in [1.82, 2.24) is 5.32 Å². The summed E-state index contributed by atoms with van der Waals surface area (Å²) in [5, 5.41) is 12.8. The van der Waals surface area contributed by atoms with E-state index in [1.807, 2.05) is 6.07 Å². The number of aliphatic hydroxyl groups excluding tert-OH is 1. The van der Waals surface area contributed by atoms with E-state index in [2.05, 4.69) is 21.2 Å². The SMILES string of the molecule is COc1cccc(C(O)CNC(=O)c2cccc(Br)c2)c1. The highest BCUT2D eigenvalue weighted by molar-refractivity contribution is 9.10. The molecule has 0 fully saturated rings. The summed E-state index contributed by atoms with van der Waals surface area (Å²) in [7, 11) is 1.57. The van der Waals surface area contributed by atoms with E-state index < -0.39 is 6.10 Å². The fourth-order valence-corrected chi connectivity index (χ4v) is 2.29. The maximum absolute atomic E-state index is 12.0. The van der Waals surface area contributed by atoms with Gasteiger partial charge in [-0.25, -0.2) is 0 Å². The highest BCUT2D eigenvalue weighted by Gasteiger charge is 2.11. The Kier molecular flexibility index (Phi) is 5.36. The van der Waals surface area contributed by atoms with Crippen LogP contribution in [0.3, 0.4) is 0 Å². The van der Waals surface area contributed by atoms with Gasteiger partial charge in [0.25, 0.3) is 5.91 Å². The quantitative estimate of drug-likeness (QED) is 0.872. The van der Waals surface area contributed by atoms with E-state index in [0.717, 1.165) is 4.47 Å². The Bertz CT molecular complexity index is 630. The molecule has 0 aromatic heterocycles. The lowest BCUT2D eigenvalue weighted by Crippen LogP contribution is -2.28. The number of halogens is 1. The summed E-state index contributed by atoms with van der Waals surface area (Å²) in [4.78, 5) is 12.0. The number of hydrogen-bond donors (Lipinski definition) is 2. The van der Waals surface area contributed by atoms with Gasteiger partial charge in [-0.1, -0.05) is 34.1 Å². The zero-order valence-electron chi connectivity index (χ0n) is 11.5. The van der Waals surface area contributed by atoms with E-state index in [-0.39, 0.29) is 12.5 Å². The fraction of sp³-hybridized carbons (Fsp3) is 0.188. The van der Waals surface area contributed by atoms with Gasteiger partial charge >= 0.3 is 0 Å². The van der Waals surface area contributed by atoms with Gasteiger partial charge in [0, 0.05) is 16.6 Å². The van der Waals surface area contributed by atoms with Crippen LogP contribution in [0.5, 0.6) is 5.75 Å². The predicted molar refractivity (Wildman–Crippen MR) is 84.4 cm³/mol. The normalized spacial score (nSPS) is 11.8. The van der Waals surface area contributed by atoms with Gasteiger partial charge in [-0.2, -0.15) is 0 Å². The highest BCUT2D eigenvalue weighted by atomic mass is 79.9. The molecule has 21 heavy (non-hydrogen) atoms. The molecule has 0 saturated heterocycles. The third-order valence-corrected chi connectivity index (χ3v) is 3.51. The van der Waals surface area contributed by atoms with Gasteiger partial charge in [0.2, 0.25) is 0 Å². The summed E-state index contributed by atoms with van der Waals surface area (Å²) >= 11 is 3.32. The van der Waals surface area contributed by atoms with Crippen molar-refractivity contribution in [1.29, 1.82) is 0 Å². The van der Waals surface area contributed by atoms with Crippen molar-refractivity contribution >= 4 is 21.8 Å². The molecule has 4 nitrogen and oxygen atoms in total. The first-order valence-electron chi connectivity index (χ1n) is 6.46. The molecule has 0 aliphatic heterocycles. The Hall–Kier alpha value is -1.85. The molecule has 1 unspecified atom stereocenters. The second-order valence-electron chi connectivity index (χ2n) is 4.51. The molecular formula is C16H16BrNO3. The van der Waals surface area contributed by atoms with Crippen molar-refractivity contribution < 1.29 is 14.6 Å². The van der Waals surface area contributed by atoms with Crippen molar-refractivity contribution in [3.63, 3.8) is 0 Å². The Morgan fingerprint density at radius 1 is 1.29 bits per heavy atom. The van der Waals surface area contributed by atoms with Gasteiger partial charge in [-0.05, 0) is 35.9 Å². The Morgan fingerprint density at radius 3 is 2.76 bits per heavy atom. The lowest BCUT2D eigenvalue weighted by molar-refractivity contribution is 0.0916.